The van der Waals surface area contributed by atoms with E-state index in [1.807, 2.05) is 44.2 Å². The summed E-state index contributed by atoms with van der Waals surface area (Å²) in [5.74, 6) is 0. The third-order valence-electron chi connectivity index (χ3n) is 3.49. The average molecular weight is 304 g/mol. The lowest BCUT2D eigenvalue weighted by Gasteiger charge is -2.30. The van der Waals surface area contributed by atoms with Crippen molar-refractivity contribution in [3.63, 3.8) is 0 Å². The highest BCUT2D eigenvalue weighted by molar-refractivity contribution is 5.19. The van der Waals surface area contributed by atoms with E-state index >= 15 is 0 Å². The van der Waals surface area contributed by atoms with E-state index in [4.69, 9.17) is 5.11 Å². The van der Waals surface area contributed by atoms with Crippen molar-refractivity contribution in [2.45, 2.75) is 32.2 Å². The number of halogens is 3. The Bertz CT molecular complexity index is 394. The Morgan fingerprint density at radius 2 is 1.67 bits per heavy atom. The van der Waals surface area contributed by atoms with Crippen molar-refractivity contribution in [1.82, 2.24) is 10.2 Å². The van der Waals surface area contributed by atoms with E-state index in [2.05, 4.69) is 10.2 Å². The van der Waals surface area contributed by atoms with Crippen molar-refractivity contribution >= 4 is 0 Å². The molecule has 2 unspecified atom stereocenters. The standard InChI is InChI=1S/C15H23F3N2O/c1-3-20(4-2)13(12-8-6-5-7-9-12)10-19-11-14(21)15(16,17)18/h5-9,13-14,19,21H,3-4,10-11H2,1-2H3. The largest absolute Gasteiger partial charge is 0.415 e. The monoisotopic (exact) mass is 304 g/mol. The molecule has 0 fully saturated rings. The molecule has 0 heterocycles. The lowest BCUT2D eigenvalue weighted by Crippen LogP contribution is -2.42. The zero-order valence-corrected chi connectivity index (χ0v) is 12.4. The summed E-state index contributed by atoms with van der Waals surface area (Å²) in [6.07, 6.45) is -6.91. The minimum absolute atomic E-state index is 0.0124. The van der Waals surface area contributed by atoms with E-state index in [9.17, 15) is 13.2 Å². The molecule has 120 valence electrons. The number of rotatable bonds is 8. The molecule has 0 aliphatic heterocycles. The van der Waals surface area contributed by atoms with Crippen molar-refractivity contribution in [2.24, 2.45) is 0 Å². The van der Waals surface area contributed by atoms with Gasteiger partial charge in [0, 0.05) is 19.1 Å². The Morgan fingerprint density at radius 3 is 2.14 bits per heavy atom. The number of benzene rings is 1. The SMILES string of the molecule is CCN(CC)C(CNCC(O)C(F)(F)F)c1ccccc1. The van der Waals surface area contributed by atoms with Gasteiger partial charge in [-0.05, 0) is 18.7 Å². The molecule has 6 heteroatoms. The molecule has 2 N–H and O–H groups in total. The fourth-order valence-electron chi connectivity index (χ4n) is 2.27. The van der Waals surface area contributed by atoms with Crippen LogP contribution in [0.1, 0.15) is 25.5 Å². The van der Waals surface area contributed by atoms with Gasteiger partial charge in [0.15, 0.2) is 6.10 Å². The number of likely N-dealkylation sites (N-methyl/N-ethyl adjacent to an activating group) is 1. The van der Waals surface area contributed by atoms with Gasteiger partial charge in [-0.3, -0.25) is 4.90 Å². The third kappa shape index (κ3) is 5.65. The van der Waals surface area contributed by atoms with E-state index in [0.29, 0.717) is 6.54 Å². The van der Waals surface area contributed by atoms with Gasteiger partial charge in [0.05, 0.1) is 0 Å². The number of aliphatic hydroxyl groups is 1. The first kappa shape index (κ1) is 17.9. The highest BCUT2D eigenvalue weighted by Gasteiger charge is 2.37. The van der Waals surface area contributed by atoms with Gasteiger partial charge in [-0.2, -0.15) is 13.2 Å². The van der Waals surface area contributed by atoms with Crippen molar-refractivity contribution in [3.05, 3.63) is 35.9 Å². The molecule has 0 bridgehead atoms. The Balaban J connectivity index is 2.67. The van der Waals surface area contributed by atoms with Crippen LogP contribution in [0.15, 0.2) is 30.3 Å². The number of hydrogen-bond donors (Lipinski definition) is 2. The first-order chi connectivity index (χ1) is 9.90. The first-order valence-corrected chi connectivity index (χ1v) is 7.14. The molecule has 2 atom stereocenters. The molecular formula is C15H23F3N2O. The number of alkyl halides is 3. The van der Waals surface area contributed by atoms with Gasteiger partial charge in [-0.15, -0.1) is 0 Å². The van der Waals surface area contributed by atoms with Gasteiger partial charge < -0.3 is 10.4 Å². The molecule has 1 rings (SSSR count). The summed E-state index contributed by atoms with van der Waals surface area (Å²) >= 11 is 0. The molecule has 1 aromatic carbocycles. The van der Waals surface area contributed by atoms with Crippen molar-refractivity contribution in [1.29, 1.82) is 0 Å². The van der Waals surface area contributed by atoms with Crippen LogP contribution in [-0.2, 0) is 0 Å². The molecule has 0 aromatic heterocycles. The highest BCUT2D eigenvalue weighted by atomic mass is 19.4. The van der Waals surface area contributed by atoms with Crippen LogP contribution in [-0.4, -0.2) is 48.5 Å². The van der Waals surface area contributed by atoms with E-state index in [-0.39, 0.29) is 6.04 Å². The zero-order valence-electron chi connectivity index (χ0n) is 12.4. The van der Waals surface area contributed by atoms with E-state index in [0.717, 1.165) is 18.7 Å². The van der Waals surface area contributed by atoms with Crippen LogP contribution >= 0.6 is 0 Å². The number of aliphatic hydroxyl groups excluding tert-OH is 1. The topological polar surface area (TPSA) is 35.5 Å². The molecule has 3 nitrogen and oxygen atoms in total. The van der Waals surface area contributed by atoms with E-state index in [1.165, 1.54) is 0 Å². The summed E-state index contributed by atoms with van der Waals surface area (Å²) in [5.41, 5.74) is 1.05. The second-order valence-electron chi connectivity index (χ2n) is 4.86. The zero-order chi connectivity index (χ0) is 15.9. The van der Waals surface area contributed by atoms with Crippen LogP contribution in [0.4, 0.5) is 13.2 Å². The first-order valence-electron chi connectivity index (χ1n) is 7.14. The molecule has 0 saturated heterocycles. The Labute approximate surface area is 123 Å². The van der Waals surface area contributed by atoms with Gasteiger partial charge in [0.1, 0.15) is 0 Å². The third-order valence-corrected chi connectivity index (χ3v) is 3.49. The maximum Gasteiger partial charge on any atom is 0.415 e. The summed E-state index contributed by atoms with van der Waals surface area (Å²) < 4.78 is 36.9. The minimum atomic E-state index is -4.58. The average Bonchev–Trinajstić information content (AvgIpc) is 2.46. The maximum atomic E-state index is 12.3. The van der Waals surface area contributed by atoms with E-state index in [1.54, 1.807) is 0 Å². The second-order valence-corrected chi connectivity index (χ2v) is 4.86. The molecular weight excluding hydrogens is 281 g/mol. The van der Waals surface area contributed by atoms with Crippen LogP contribution in [0, 0.1) is 0 Å². The maximum absolute atomic E-state index is 12.3. The fourth-order valence-corrected chi connectivity index (χ4v) is 2.27. The summed E-state index contributed by atoms with van der Waals surface area (Å²) in [5, 5.41) is 11.7. The van der Waals surface area contributed by atoms with Crippen LogP contribution in [0.3, 0.4) is 0 Å². The summed E-state index contributed by atoms with van der Waals surface area (Å²) in [6.45, 7) is 5.51. The van der Waals surface area contributed by atoms with Gasteiger partial charge in [0.25, 0.3) is 0 Å². The molecule has 0 spiro atoms. The number of nitrogens with zero attached hydrogens (tertiary/aromatic N) is 1. The molecule has 0 radical (unpaired) electrons. The van der Waals surface area contributed by atoms with E-state index < -0.39 is 18.8 Å². The lowest BCUT2D eigenvalue weighted by molar-refractivity contribution is -0.201. The minimum Gasteiger partial charge on any atom is -0.382 e. The molecule has 0 amide bonds. The molecule has 0 saturated carbocycles. The predicted octanol–water partition coefficient (Wildman–Crippen LogP) is 2.58. The summed E-state index contributed by atoms with van der Waals surface area (Å²) in [6, 6.07) is 9.65. The Kier molecular flexibility index (Phi) is 7.14. The summed E-state index contributed by atoms with van der Waals surface area (Å²) in [4.78, 5) is 2.17. The number of nitrogens with one attached hydrogen (secondary N) is 1. The van der Waals surface area contributed by atoms with Gasteiger partial charge in [0.2, 0.25) is 0 Å². The van der Waals surface area contributed by atoms with Crippen LogP contribution in [0.2, 0.25) is 0 Å². The predicted molar refractivity (Wildman–Crippen MR) is 77.0 cm³/mol. The molecule has 21 heavy (non-hydrogen) atoms. The smallest absolute Gasteiger partial charge is 0.382 e. The van der Waals surface area contributed by atoms with Gasteiger partial charge in [-0.25, -0.2) is 0 Å². The lowest BCUT2D eigenvalue weighted by atomic mass is 10.0. The molecule has 1 aromatic rings. The van der Waals surface area contributed by atoms with Gasteiger partial charge in [-0.1, -0.05) is 44.2 Å². The molecule has 0 aliphatic rings. The molecule has 0 aliphatic carbocycles. The van der Waals surface area contributed by atoms with Crippen LogP contribution in [0.5, 0.6) is 0 Å². The summed E-state index contributed by atoms with van der Waals surface area (Å²) in [7, 11) is 0. The van der Waals surface area contributed by atoms with Crippen LogP contribution < -0.4 is 5.32 Å². The normalized spacial score (nSPS) is 15.2. The quantitative estimate of drug-likeness (QED) is 0.775. The Hall–Kier alpha value is -1.11. The Morgan fingerprint density at radius 1 is 1.10 bits per heavy atom. The van der Waals surface area contributed by atoms with Crippen molar-refractivity contribution < 1.29 is 18.3 Å². The second kappa shape index (κ2) is 8.36. The van der Waals surface area contributed by atoms with Gasteiger partial charge >= 0.3 is 6.18 Å². The van der Waals surface area contributed by atoms with Crippen LogP contribution in [0.25, 0.3) is 0 Å². The fraction of sp³-hybridized carbons (Fsp3) is 0.600. The van der Waals surface area contributed by atoms with Crippen molar-refractivity contribution in [2.75, 3.05) is 26.2 Å². The highest BCUT2D eigenvalue weighted by Crippen LogP contribution is 2.21. The van der Waals surface area contributed by atoms with Crippen molar-refractivity contribution in [3.8, 4) is 0 Å². The number of hydrogen-bond acceptors (Lipinski definition) is 3.